The van der Waals surface area contributed by atoms with E-state index in [9.17, 15) is 0 Å². The molecule has 15 heavy (non-hydrogen) atoms. The molecule has 1 aromatic heterocycles. The molecule has 0 saturated carbocycles. The number of aromatic nitrogens is 2. The second kappa shape index (κ2) is 3.91. The summed E-state index contributed by atoms with van der Waals surface area (Å²) in [4.78, 5) is 12.1. The quantitative estimate of drug-likeness (QED) is 0.587. The fourth-order valence-electron chi connectivity index (χ4n) is 1.32. The molecule has 0 atom stereocenters. The summed E-state index contributed by atoms with van der Waals surface area (Å²) in [7, 11) is 1.61. The van der Waals surface area contributed by atoms with Gasteiger partial charge in [0.1, 0.15) is 12.1 Å². The lowest BCUT2D eigenvalue weighted by atomic mass is 10.2. The Morgan fingerprint density at radius 3 is 3.00 bits per heavy atom. The molecule has 76 valence electrons. The highest BCUT2D eigenvalue weighted by Crippen LogP contribution is 2.25. The number of nitrogens with zero attached hydrogens (tertiary/aromatic N) is 3. The van der Waals surface area contributed by atoms with Crippen molar-refractivity contribution >= 4 is 23.1 Å². The maximum Gasteiger partial charge on any atom is 0.164 e. The molecule has 2 N–H and O–H groups in total. The van der Waals surface area contributed by atoms with E-state index in [1.807, 2.05) is 18.2 Å². The summed E-state index contributed by atoms with van der Waals surface area (Å²) < 4.78 is 5.12. The molecule has 0 fully saturated rings. The van der Waals surface area contributed by atoms with Gasteiger partial charge in [-0.2, -0.15) is 0 Å². The molecule has 2 aromatic rings. The van der Waals surface area contributed by atoms with Crippen LogP contribution >= 0.6 is 0 Å². The van der Waals surface area contributed by atoms with E-state index < -0.39 is 0 Å². The summed E-state index contributed by atoms with van der Waals surface area (Å²) in [6, 6.07) is 5.52. The predicted molar refractivity (Wildman–Crippen MR) is 58.4 cm³/mol. The van der Waals surface area contributed by atoms with Crippen LogP contribution in [0.5, 0.6) is 5.75 Å². The fraction of sp³-hybridized carbons (Fsp3) is 0.100. The van der Waals surface area contributed by atoms with Gasteiger partial charge in [-0.15, -0.1) is 0 Å². The third kappa shape index (κ3) is 1.71. The van der Waals surface area contributed by atoms with Crippen LogP contribution in [0.25, 0.3) is 10.9 Å². The Bertz CT molecular complexity index is 510. The summed E-state index contributed by atoms with van der Waals surface area (Å²) in [6.07, 6.45) is 2.67. The summed E-state index contributed by atoms with van der Waals surface area (Å²) in [5.74, 6) is 1.28. The molecule has 0 unspecified atom stereocenters. The number of ether oxygens (including phenoxy) is 1. The molecule has 2 rings (SSSR count). The average molecular weight is 202 g/mol. The highest BCUT2D eigenvalue weighted by molar-refractivity contribution is 5.89. The molecule has 5 nitrogen and oxygen atoms in total. The number of hydrogen-bond donors (Lipinski definition) is 1. The monoisotopic (exact) mass is 202 g/mol. The van der Waals surface area contributed by atoms with Gasteiger partial charge in [0.05, 0.1) is 19.0 Å². The van der Waals surface area contributed by atoms with E-state index in [-0.39, 0.29) is 0 Å². The van der Waals surface area contributed by atoms with Crippen molar-refractivity contribution in [2.24, 2.45) is 10.7 Å². The van der Waals surface area contributed by atoms with Crippen LogP contribution in [0, 0.1) is 0 Å². The standard InChI is InChI=1S/C10H10N4O/c1-15-7-2-3-9-8(4-7)10(12-5-11)14-6-13-9/h2-6H,1H3,(H2,11,12,13,14). The van der Waals surface area contributed by atoms with Crippen molar-refractivity contribution in [1.82, 2.24) is 9.97 Å². The second-order valence-corrected chi connectivity index (χ2v) is 2.86. The second-order valence-electron chi connectivity index (χ2n) is 2.86. The Hall–Kier alpha value is -2.17. The first-order valence-corrected chi connectivity index (χ1v) is 4.38. The number of methoxy groups -OCH3 is 1. The Morgan fingerprint density at radius 2 is 2.27 bits per heavy atom. The maximum atomic E-state index is 5.24. The molecular weight excluding hydrogens is 192 g/mol. The van der Waals surface area contributed by atoms with Crippen LogP contribution in [-0.4, -0.2) is 23.4 Å². The van der Waals surface area contributed by atoms with E-state index in [4.69, 9.17) is 10.5 Å². The zero-order valence-electron chi connectivity index (χ0n) is 8.21. The minimum atomic E-state index is 0.543. The van der Waals surface area contributed by atoms with Gasteiger partial charge in [0.25, 0.3) is 0 Å². The van der Waals surface area contributed by atoms with Gasteiger partial charge >= 0.3 is 0 Å². The van der Waals surface area contributed by atoms with Crippen LogP contribution in [0.2, 0.25) is 0 Å². The number of nitrogens with two attached hydrogens (primary N) is 1. The van der Waals surface area contributed by atoms with E-state index in [0.29, 0.717) is 5.82 Å². The third-order valence-electron chi connectivity index (χ3n) is 2.02. The van der Waals surface area contributed by atoms with E-state index >= 15 is 0 Å². The van der Waals surface area contributed by atoms with E-state index in [2.05, 4.69) is 15.0 Å². The Kier molecular flexibility index (Phi) is 2.45. The van der Waals surface area contributed by atoms with Crippen LogP contribution in [0.15, 0.2) is 29.5 Å². The minimum absolute atomic E-state index is 0.543. The van der Waals surface area contributed by atoms with Crippen LogP contribution < -0.4 is 10.5 Å². The Labute approximate surface area is 86.6 Å². The summed E-state index contributed by atoms with van der Waals surface area (Å²) >= 11 is 0. The number of rotatable bonds is 2. The van der Waals surface area contributed by atoms with Crippen LogP contribution in [0.3, 0.4) is 0 Å². The molecule has 0 amide bonds. The lowest BCUT2D eigenvalue weighted by Crippen LogP contribution is -1.90. The highest BCUT2D eigenvalue weighted by Gasteiger charge is 2.03. The van der Waals surface area contributed by atoms with E-state index in [1.54, 1.807) is 7.11 Å². The van der Waals surface area contributed by atoms with Crippen LogP contribution in [0.4, 0.5) is 5.82 Å². The van der Waals surface area contributed by atoms with Crippen molar-refractivity contribution in [1.29, 1.82) is 0 Å². The van der Waals surface area contributed by atoms with Crippen molar-refractivity contribution in [3.63, 3.8) is 0 Å². The van der Waals surface area contributed by atoms with Crippen molar-refractivity contribution < 1.29 is 4.74 Å². The zero-order valence-corrected chi connectivity index (χ0v) is 8.21. The van der Waals surface area contributed by atoms with Crippen LogP contribution in [0.1, 0.15) is 0 Å². The normalized spacial score (nSPS) is 11.0. The number of fused-ring (bicyclic) bond motifs is 1. The molecule has 0 aliphatic carbocycles. The average Bonchev–Trinajstić information content (AvgIpc) is 2.29. The fourth-order valence-corrected chi connectivity index (χ4v) is 1.32. The minimum Gasteiger partial charge on any atom is -0.497 e. The molecule has 1 aromatic carbocycles. The summed E-state index contributed by atoms with van der Waals surface area (Å²) in [5, 5.41) is 0.818. The topological polar surface area (TPSA) is 73.4 Å². The van der Waals surface area contributed by atoms with Gasteiger partial charge in [-0.3, -0.25) is 0 Å². The molecule has 0 saturated heterocycles. The van der Waals surface area contributed by atoms with Crippen molar-refractivity contribution in [3.05, 3.63) is 24.5 Å². The van der Waals surface area contributed by atoms with Gasteiger partial charge < -0.3 is 10.5 Å². The summed E-state index contributed by atoms with van der Waals surface area (Å²) in [6.45, 7) is 0. The van der Waals surface area contributed by atoms with Gasteiger partial charge in [0.2, 0.25) is 0 Å². The lowest BCUT2D eigenvalue weighted by molar-refractivity contribution is 0.415. The zero-order chi connectivity index (χ0) is 10.7. The largest absolute Gasteiger partial charge is 0.497 e. The van der Waals surface area contributed by atoms with E-state index in [0.717, 1.165) is 16.7 Å². The Morgan fingerprint density at radius 1 is 1.40 bits per heavy atom. The SMILES string of the molecule is COc1ccc2ncnc(N=CN)c2c1. The summed E-state index contributed by atoms with van der Waals surface area (Å²) in [5.41, 5.74) is 6.05. The first-order chi connectivity index (χ1) is 7.35. The molecule has 0 aliphatic rings. The highest BCUT2D eigenvalue weighted by atomic mass is 16.5. The van der Waals surface area contributed by atoms with Crippen molar-refractivity contribution in [2.45, 2.75) is 0 Å². The first-order valence-electron chi connectivity index (χ1n) is 4.38. The van der Waals surface area contributed by atoms with Gasteiger partial charge in [0, 0.05) is 5.39 Å². The Balaban J connectivity index is 2.70. The predicted octanol–water partition coefficient (Wildman–Crippen LogP) is 1.26. The third-order valence-corrected chi connectivity index (χ3v) is 2.02. The van der Waals surface area contributed by atoms with Gasteiger partial charge in [-0.25, -0.2) is 15.0 Å². The molecule has 0 spiro atoms. The molecule has 0 radical (unpaired) electrons. The molecular formula is C10H10N4O. The molecule has 1 heterocycles. The lowest BCUT2D eigenvalue weighted by Gasteiger charge is -2.02. The molecule has 0 bridgehead atoms. The first kappa shape index (κ1) is 9.39. The van der Waals surface area contributed by atoms with Gasteiger partial charge in [-0.1, -0.05) is 0 Å². The van der Waals surface area contributed by atoms with Gasteiger partial charge in [0.15, 0.2) is 5.82 Å². The maximum absolute atomic E-state index is 5.24. The number of hydrogen-bond acceptors (Lipinski definition) is 4. The number of benzene rings is 1. The van der Waals surface area contributed by atoms with Crippen molar-refractivity contribution in [3.8, 4) is 5.75 Å². The smallest absolute Gasteiger partial charge is 0.164 e. The van der Waals surface area contributed by atoms with Crippen molar-refractivity contribution in [2.75, 3.05) is 7.11 Å². The number of aliphatic imine (C=N–C) groups is 1. The van der Waals surface area contributed by atoms with E-state index in [1.165, 1.54) is 12.7 Å². The molecule has 5 heteroatoms. The van der Waals surface area contributed by atoms with Gasteiger partial charge in [-0.05, 0) is 18.2 Å². The molecule has 0 aliphatic heterocycles. The van der Waals surface area contributed by atoms with Crippen LogP contribution in [-0.2, 0) is 0 Å².